The molecule has 2 heterocycles. The second-order valence-corrected chi connectivity index (χ2v) is 11.6. The SMILES string of the molecule is CCO.CC[O-].COc1cc(C=C(C#N)Sc2cccc[n+]2O)cc(OC)c1OC.COc1cc(C=O)cc(OC)c1OC.N#CCSc1cccc[n+]1O.[Na+]. The number of carbonyl (C=O) groups excluding carboxylic acids is 1. The maximum Gasteiger partial charge on any atom is 1.00 e. The van der Waals surface area contributed by atoms with E-state index in [-0.39, 0.29) is 42.8 Å². The van der Waals surface area contributed by atoms with E-state index in [9.17, 15) is 15.3 Å². The minimum absolute atomic E-state index is 0. The van der Waals surface area contributed by atoms with Crippen LogP contribution in [0, 0.1) is 22.7 Å². The third-order valence-electron chi connectivity index (χ3n) is 6.02. The van der Waals surface area contributed by atoms with Crippen molar-refractivity contribution in [2.24, 2.45) is 0 Å². The quantitative estimate of drug-likeness (QED) is 0.0463. The second kappa shape index (κ2) is 32.4. The number of aliphatic hydroxyl groups excluding tert-OH is 1. The number of hydrogen-bond acceptors (Lipinski definition) is 15. The number of allylic oxidation sites excluding steroid dienone is 1. The van der Waals surface area contributed by atoms with E-state index in [4.69, 9.17) is 49.1 Å². The van der Waals surface area contributed by atoms with Crippen LogP contribution in [0.2, 0.25) is 0 Å². The molecular formula is C38H47N4NaO11S2+2. The fourth-order valence-electron chi connectivity index (χ4n) is 3.84. The van der Waals surface area contributed by atoms with Crippen LogP contribution in [0.1, 0.15) is 29.8 Å². The largest absolute Gasteiger partial charge is 1.00 e. The molecule has 2 aromatic carbocycles. The Bertz CT molecular complexity index is 1800. The first-order chi connectivity index (χ1) is 26.6. The van der Waals surface area contributed by atoms with Crippen molar-refractivity contribution in [3.05, 3.63) is 89.1 Å². The zero-order valence-corrected chi connectivity index (χ0v) is 36.6. The number of methoxy groups -OCH3 is 6. The van der Waals surface area contributed by atoms with Gasteiger partial charge in [0.2, 0.25) is 23.9 Å². The van der Waals surface area contributed by atoms with Gasteiger partial charge in [-0.25, -0.2) is 0 Å². The van der Waals surface area contributed by atoms with Crippen LogP contribution in [-0.4, -0.2) is 83.4 Å². The number of aliphatic hydroxyl groups is 1. The number of aldehydes is 1. The summed E-state index contributed by atoms with van der Waals surface area (Å²) in [4.78, 5) is 11.0. The molecule has 18 heteroatoms. The predicted molar refractivity (Wildman–Crippen MR) is 204 cm³/mol. The standard InChI is InChI=1S/C17H17N2O4S.C10H12O4.C7H7N2OS.C2H6O.C2H5O.Na/c1-21-14-9-12(10-15(22-2)17(14)23-3)8-13(11-18)24-16-6-4-5-7-19(16)20;1-12-8-4-7(6-11)5-9(13-2)10(8)14-3;8-4-6-11-7-3-1-2-5-9(7)10;2*1-2-3;/h4-10,20H,1-3H3;4-6H,1-3H3;1-3,5,10H,6H2;3H,2H2,1H3;2H2,1H3;/q+1;;+1;;-1;+1. The number of thioether (sulfide) groups is 2. The van der Waals surface area contributed by atoms with Crippen LogP contribution >= 0.6 is 23.5 Å². The molecule has 0 spiro atoms. The fourth-order valence-corrected chi connectivity index (χ4v) is 5.19. The molecule has 0 bridgehead atoms. The van der Waals surface area contributed by atoms with Crippen molar-refractivity contribution in [2.75, 3.05) is 61.6 Å². The van der Waals surface area contributed by atoms with Crippen molar-refractivity contribution in [1.29, 1.82) is 10.5 Å². The monoisotopic (exact) mass is 822 g/mol. The van der Waals surface area contributed by atoms with Crippen molar-refractivity contribution >= 4 is 35.9 Å². The summed E-state index contributed by atoms with van der Waals surface area (Å²) < 4.78 is 33.1. The molecule has 2 aromatic heterocycles. The van der Waals surface area contributed by atoms with Gasteiger partial charge in [-0.1, -0.05) is 6.92 Å². The Hall–Kier alpha value is -4.85. The zero-order valence-electron chi connectivity index (χ0n) is 32.9. The number of nitrogens with zero attached hydrogens (tertiary/aromatic N) is 4. The smallest absolute Gasteiger partial charge is 0.855 e. The summed E-state index contributed by atoms with van der Waals surface area (Å²) in [5.41, 5.74) is 1.20. The van der Waals surface area contributed by atoms with Crippen molar-refractivity contribution in [3.8, 4) is 46.6 Å². The summed E-state index contributed by atoms with van der Waals surface area (Å²) in [5, 5.41) is 54.2. The molecule has 3 N–H and O–H groups in total. The molecule has 4 rings (SSSR count). The van der Waals surface area contributed by atoms with E-state index in [1.54, 1.807) is 74.5 Å². The molecule has 0 aliphatic rings. The summed E-state index contributed by atoms with van der Waals surface area (Å²) in [7, 11) is 9.12. The molecule has 0 radical (unpaired) electrons. The molecule has 0 amide bonds. The predicted octanol–water partition coefficient (Wildman–Crippen LogP) is 1.62. The maximum absolute atomic E-state index is 10.6. The second-order valence-electron chi connectivity index (χ2n) is 9.58. The van der Waals surface area contributed by atoms with Gasteiger partial charge >= 0.3 is 29.6 Å². The van der Waals surface area contributed by atoms with Gasteiger partial charge in [0.1, 0.15) is 12.4 Å². The Kier molecular flexibility index (Phi) is 30.8. The van der Waals surface area contributed by atoms with Crippen molar-refractivity contribution in [1.82, 2.24) is 0 Å². The van der Waals surface area contributed by atoms with E-state index < -0.39 is 0 Å². The minimum atomic E-state index is 0. The summed E-state index contributed by atoms with van der Waals surface area (Å²) >= 11 is 2.45. The van der Waals surface area contributed by atoms with Gasteiger partial charge in [-0.2, -0.15) is 10.5 Å². The molecule has 0 fully saturated rings. The Balaban J connectivity index is 0. The number of benzene rings is 2. The van der Waals surface area contributed by atoms with Gasteiger partial charge in [0.05, 0.1) is 59.4 Å². The number of nitriles is 2. The van der Waals surface area contributed by atoms with Gasteiger partial charge < -0.3 is 38.6 Å². The van der Waals surface area contributed by atoms with Crippen molar-refractivity contribution in [2.45, 2.75) is 23.9 Å². The summed E-state index contributed by atoms with van der Waals surface area (Å²) in [6.45, 7) is 3.50. The summed E-state index contributed by atoms with van der Waals surface area (Å²) in [5.74, 6) is 3.29. The van der Waals surface area contributed by atoms with E-state index in [0.717, 1.165) is 27.5 Å². The molecule has 0 unspecified atom stereocenters. The van der Waals surface area contributed by atoms with E-state index in [2.05, 4.69) is 6.07 Å². The number of aromatic nitrogens is 2. The molecule has 0 saturated heterocycles. The van der Waals surface area contributed by atoms with Gasteiger partial charge in [-0.05, 0) is 78.5 Å². The van der Waals surface area contributed by atoms with Crippen LogP contribution < -0.4 is 72.5 Å². The van der Waals surface area contributed by atoms with Gasteiger partial charge in [-0.15, -0.1) is 6.61 Å². The summed E-state index contributed by atoms with van der Waals surface area (Å²) in [6.07, 6.45) is 5.43. The van der Waals surface area contributed by atoms with E-state index in [1.165, 1.54) is 66.8 Å². The van der Waals surface area contributed by atoms with Crippen LogP contribution in [0.3, 0.4) is 0 Å². The van der Waals surface area contributed by atoms with E-state index in [0.29, 0.717) is 66.3 Å². The van der Waals surface area contributed by atoms with Crippen molar-refractivity contribution < 1.29 is 92.9 Å². The first kappa shape index (κ1) is 53.3. The molecular weight excluding hydrogens is 776 g/mol. The van der Waals surface area contributed by atoms with E-state index >= 15 is 0 Å². The molecule has 4 aromatic rings. The van der Waals surface area contributed by atoms with Gasteiger partial charge in [0.15, 0.2) is 23.0 Å². The summed E-state index contributed by atoms with van der Waals surface area (Å²) in [6, 6.07) is 21.2. The van der Waals surface area contributed by atoms with Crippen LogP contribution in [0.4, 0.5) is 0 Å². The molecule has 0 saturated carbocycles. The first-order valence-electron chi connectivity index (χ1n) is 16.0. The number of ether oxygens (including phenoxy) is 6. The molecule has 0 aliphatic heterocycles. The molecule has 0 aliphatic carbocycles. The van der Waals surface area contributed by atoms with Crippen LogP contribution in [0.5, 0.6) is 34.5 Å². The first-order valence-corrected chi connectivity index (χ1v) is 17.8. The van der Waals surface area contributed by atoms with Gasteiger partial charge in [0, 0.05) is 45.9 Å². The topological polar surface area (TPSA) is 212 Å². The molecule has 15 nitrogen and oxygen atoms in total. The molecule has 0 atom stereocenters. The zero-order chi connectivity index (χ0) is 41.6. The average Bonchev–Trinajstić information content (AvgIpc) is 3.21. The Morgan fingerprint density at radius 3 is 1.46 bits per heavy atom. The third kappa shape index (κ3) is 19.1. The average molecular weight is 823 g/mol. The van der Waals surface area contributed by atoms with E-state index in [1.807, 2.05) is 12.1 Å². The van der Waals surface area contributed by atoms with Crippen molar-refractivity contribution in [3.63, 3.8) is 0 Å². The number of carbonyl (C=O) groups is 1. The fraction of sp³-hybridized carbons (Fsp3) is 0.289. The number of rotatable bonds is 12. The Labute approximate surface area is 358 Å². The maximum atomic E-state index is 10.6. The Morgan fingerprint density at radius 1 is 0.750 bits per heavy atom. The van der Waals surface area contributed by atoms with Gasteiger partial charge in [-0.3, -0.25) is 15.2 Å². The van der Waals surface area contributed by atoms with Crippen LogP contribution in [-0.2, 0) is 0 Å². The number of pyridine rings is 2. The Morgan fingerprint density at radius 2 is 1.14 bits per heavy atom. The minimum Gasteiger partial charge on any atom is -0.855 e. The van der Waals surface area contributed by atoms with Gasteiger partial charge in [0.25, 0.3) is 10.1 Å². The molecule has 296 valence electrons. The third-order valence-corrected chi connectivity index (χ3v) is 7.88. The molecule has 56 heavy (non-hydrogen) atoms. The normalized spacial score (nSPS) is 9.39. The van der Waals surface area contributed by atoms with Crippen LogP contribution in [0.25, 0.3) is 6.08 Å². The number of hydrogen-bond donors (Lipinski definition) is 3. The van der Waals surface area contributed by atoms with Crippen LogP contribution in [0.15, 0.2) is 88.0 Å².